The number of amides is 1. The number of anilines is 1. The highest BCUT2D eigenvalue weighted by molar-refractivity contribution is 9.10. The van der Waals surface area contributed by atoms with Crippen LogP contribution >= 0.6 is 27.5 Å². The molecule has 2 N–H and O–H groups in total. The molecule has 12 nitrogen and oxygen atoms in total. The summed E-state index contributed by atoms with van der Waals surface area (Å²) >= 11 is 9.91. The van der Waals surface area contributed by atoms with Gasteiger partial charge < -0.3 is 5.32 Å². The summed E-state index contributed by atoms with van der Waals surface area (Å²) in [6.45, 7) is -0.963. The largest absolute Gasteiger partial charge is 0.344 e. The number of hydrogen-bond donors (Lipinski definition) is 2. The van der Waals surface area contributed by atoms with Crippen LogP contribution in [0.2, 0.25) is 5.02 Å². The van der Waals surface area contributed by atoms with E-state index in [1.807, 2.05) is 0 Å². The molecule has 3 aromatic carbocycles. The lowest BCUT2D eigenvalue weighted by Crippen LogP contribution is -2.38. The van der Waals surface area contributed by atoms with E-state index in [9.17, 15) is 35.6 Å². The van der Waals surface area contributed by atoms with E-state index >= 15 is 8.78 Å². The molecule has 1 fully saturated rings. The number of carbonyl (C=O) groups is 1. The molecule has 1 amide bonds. The molecule has 2 aliphatic rings. The molecule has 292 valence electrons. The number of rotatable bonds is 10. The fourth-order valence-electron chi connectivity index (χ4n) is 7.55. The molecule has 2 unspecified atom stereocenters. The van der Waals surface area contributed by atoms with Gasteiger partial charge in [0.1, 0.15) is 35.4 Å². The van der Waals surface area contributed by atoms with E-state index in [0.29, 0.717) is 15.2 Å². The van der Waals surface area contributed by atoms with E-state index in [1.54, 1.807) is 6.07 Å². The van der Waals surface area contributed by atoms with Crippen LogP contribution in [0.4, 0.5) is 32.2 Å². The van der Waals surface area contributed by atoms with Gasteiger partial charge in [-0.2, -0.15) is 19.0 Å². The Morgan fingerprint density at radius 2 is 1.80 bits per heavy atom. The van der Waals surface area contributed by atoms with Crippen LogP contribution in [0.1, 0.15) is 53.1 Å². The van der Waals surface area contributed by atoms with Crippen molar-refractivity contribution in [1.82, 2.24) is 34.4 Å². The summed E-state index contributed by atoms with van der Waals surface area (Å²) in [5.74, 6) is -8.91. The summed E-state index contributed by atoms with van der Waals surface area (Å²) in [4.78, 5) is 33.3. The van der Waals surface area contributed by atoms with Crippen LogP contribution in [0, 0.1) is 17.6 Å². The number of aryl methyl sites for hydroxylation is 1. The summed E-state index contributed by atoms with van der Waals surface area (Å²) in [5.41, 5.74) is -2.36. The average Bonchev–Trinajstić information content (AvgIpc) is 3.63. The zero-order valence-electron chi connectivity index (χ0n) is 28.8. The summed E-state index contributed by atoms with van der Waals surface area (Å²) in [6.07, 6.45) is -2.72. The third kappa shape index (κ3) is 6.49. The van der Waals surface area contributed by atoms with Gasteiger partial charge in [-0.15, -0.1) is 0 Å². The number of aromatic nitrogens is 6. The van der Waals surface area contributed by atoms with Gasteiger partial charge in [0.05, 0.1) is 44.8 Å². The Hall–Kier alpha value is -4.95. The molecule has 3 atom stereocenters. The second kappa shape index (κ2) is 13.3. The fourth-order valence-corrected chi connectivity index (χ4v) is 8.64. The van der Waals surface area contributed by atoms with Gasteiger partial charge in [0, 0.05) is 35.5 Å². The van der Waals surface area contributed by atoms with E-state index in [4.69, 9.17) is 16.6 Å². The topological polar surface area (TPSA) is 146 Å². The van der Waals surface area contributed by atoms with Crippen LogP contribution in [0.15, 0.2) is 57.8 Å². The van der Waals surface area contributed by atoms with E-state index in [-0.39, 0.29) is 61.7 Å². The minimum absolute atomic E-state index is 0.00555. The van der Waals surface area contributed by atoms with E-state index < -0.39 is 87.7 Å². The first-order valence-corrected chi connectivity index (χ1v) is 19.8. The van der Waals surface area contributed by atoms with E-state index in [0.717, 1.165) is 23.0 Å². The predicted octanol–water partition coefficient (Wildman–Crippen LogP) is 6.78. The van der Waals surface area contributed by atoms with Crippen molar-refractivity contribution < 1.29 is 39.6 Å². The van der Waals surface area contributed by atoms with Gasteiger partial charge in [-0.05, 0) is 60.4 Å². The van der Waals surface area contributed by atoms with Gasteiger partial charge in [0.2, 0.25) is 15.9 Å². The normalized spacial score (nSPS) is 17.7. The van der Waals surface area contributed by atoms with Crippen LogP contribution in [-0.2, 0) is 40.8 Å². The molecule has 1 saturated carbocycles. The Morgan fingerprint density at radius 1 is 1.09 bits per heavy atom. The van der Waals surface area contributed by atoms with Crippen LogP contribution in [0.3, 0.4) is 0 Å². The van der Waals surface area contributed by atoms with Crippen molar-refractivity contribution in [2.24, 2.45) is 13.0 Å². The molecule has 0 bridgehead atoms. The lowest BCUT2D eigenvalue weighted by atomic mass is 10.0. The molecular weight excluding hydrogens is 858 g/mol. The molecular formula is C35H26BrClF6N8O4S. The summed E-state index contributed by atoms with van der Waals surface area (Å²) in [5, 5.41) is 10.8. The number of halogens is 8. The zero-order chi connectivity index (χ0) is 40.2. The van der Waals surface area contributed by atoms with Crippen molar-refractivity contribution in [2.45, 2.75) is 43.7 Å². The third-order valence-corrected chi connectivity index (χ3v) is 11.1. The second-order valence-electron chi connectivity index (χ2n) is 13.7. The summed E-state index contributed by atoms with van der Waals surface area (Å²) < 4.78 is 118. The molecule has 21 heteroatoms. The Balaban J connectivity index is 1.32. The van der Waals surface area contributed by atoms with Gasteiger partial charge in [0.15, 0.2) is 5.82 Å². The smallest absolute Gasteiger partial charge is 0.293 e. The fraction of sp³-hybridized carbons (Fsp3) is 0.286. The Morgan fingerprint density at radius 3 is 2.48 bits per heavy atom. The van der Waals surface area contributed by atoms with E-state index in [2.05, 4.69) is 36.2 Å². The molecule has 0 radical (unpaired) electrons. The van der Waals surface area contributed by atoms with Crippen molar-refractivity contribution >= 4 is 71.1 Å². The maximum absolute atomic E-state index is 15.4. The first-order valence-electron chi connectivity index (χ1n) is 16.7. The van der Waals surface area contributed by atoms with Gasteiger partial charge in [0.25, 0.3) is 17.9 Å². The minimum atomic E-state index is -3.88. The molecule has 0 spiro atoms. The summed E-state index contributed by atoms with van der Waals surface area (Å²) in [6, 6.07) is 8.46. The highest BCUT2D eigenvalue weighted by Crippen LogP contribution is 2.68. The van der Waals surface area contributed by atoms with Crippen molar-refractivity contribution in [3.63, 3.8) is 0 Å². The molecule has 3 heterocycles. The van der Waals surface area contributed by atoms with Gasteiger partial charge in [-0.1, -0.05) is 27.5 Å². The molecule has 3 aromatic heterocycles. The Bertz CT molecular complexity index is 2810. The molecule has 56 heavy (non-hydrogen) atoms. The van der Waals surface area contributed by atoms with Crippen molar-refractivity contribution in [1.29, 1.82) is 0 Å². The molecule has 2 aliphatic carbocycles. The molecule has 8 rings (SSSR count). The number of benzene rings is 3. The van der Waals surface area contributed by atoms with Crippen molar-refractivity contribution in [3.8, 4) is 5.69 Å². The average molecular weight is 884 g/mol. The van der Waals surface area contributed by atoms with Crippen LogP contribution in [-0.4, -0.2) is 49.7 Å². The number of hydrogen-bond acceptors (Lipinski definition) is 7. The summed E-state index contributed by atoms with van der Waals surface area (Å²) in [7, 11) is -2.43. The monoisotopic (exact) mass is 882 g/mol. The lowest BCUT2D eigenvalue weighted by Gasteiger charge is -2.24. The Labute approximate surface area is 325 Å². The minimum Gasteiger partial charge on any atom is -0.344 e. The number of carbonyl (C=O) groups excluding carboxylic acids is 1. The first kappa shape index (κ1) is 37.9. The highest BCUT2D eigenvalue weighted by atomic mass is 79.9. The number of nitrogens with one attached hydrogen (secondary N) is 2. The maximum atomic E-state index is 15.4. The quantitative estimate of drug-likeness (QED) is 0.144. The predicted molar refractivity (Wildman–Crippen MR) is 196 cm³/mol. The maximum Gasteiger partial charge on any atom is 0.293 e. The zero-order valence-corrected chi connectivity index (χ0v) is 32.0. The lowest BCUT2D eigenvalue weighted by molar-refractivity contribution is -0.123. The van der Waals surface area contributed by atoms with Gasteiger partial charge in [-0.25, -0.2) is 31.0 Å². The molecule has 6 aromatic rings. The molecule has 0 saturated heterocycles. The van der Waals surface area contributed by atoms with Gasteiger partial charge >= 0.3 is 0 Å². The van der Waals surface area contributed by atoms with Crippen LogP contribution in [0.25, 0.3) is 27.5 Å². The highest BCUT2D eigenvalue weighted by Gasteiger charge is 2.67. The number of nitrogens with zero attached hydrogens (tertiary/aromatic N) is 6. The number of fused-ring (bicyclic) bond motifs is 5. The second-order valence-corrected chi connectivity index (χ2v) is 16.8. The van der Waals surface area contributed by atoms with Gasteiger partial charge in [-0.3, -0.25) is 28.2 Å². The van der Waals surface area contributed by atoms with Crippen molar-refractivity contribution in [2.75, 3.05) is 11.0 Å². The third-order valence-electron chi connectivity index (χ3n) is 9.77. The number of sulfonamides is 1. The van der Waals surface area contributed by atoms with Crippen LogP contribution < -0.4 is 15.6 Å². The van der Waals surface area contributed by atoms with E-state index in [1.165, 1.54) is 36.0 Å². The Kier molecular flexibility index (Phi) is 9.03. The van der Waals surface area contributed by atoms with Crippen molar-refractivity contribution in [3.05, 3.63) is 108 Å². The SMILES string of the molecule is Cn1nc(NS(C)(=O)=O)c2c(Cl)ccc(-n3c([C@H](Cc4cc(F)cc(F)c4)NC(=O)Cn4nc(C(F)F)c5c4C(F)(F)C4CC54)nc4cc(Br)ccc4c3=O)c21. The standard InChI is InChI=1S/C35H26BrClF6N8O4S/c1-49-29-24(6-5-21(37)27(29)32(47-49)48-56(2,54)55)51-33(45-22-10-15(36)3-4-18(22)34(51)53)23(9-14-7-16(38)11-17(39)8-14)44-25(52)13-50-30-26(28(46-50)31(40)41)19-12-20(19)35(30,42)43/h3-8,10-11,19-20,23,31H,9,12-13H2,1-2H3,(H,44,52)(H,47,48)/t19?,20?,23-/m0/s1. The van der Waals surface area contributed by atoms with Crippen LogP contribution in [0.5, 0.6) is 0 Å². The molecule has 0 aliphatic heterocycles. The first-order chi connectivity index (χ1) is 26.3. The number of alkyl halides is 4.